The maximum atomic E-state index is 11.8. The van der Waals surface area contributed by atoms with Crippen molar-refractivity contribution in [1.82, 2.24) is 15.8 Å². The fourth-order valence-corrected chi connectivity index (χ4v) is 1.93. The summed E-state index contributed by atoms with van der Waals surface area (Å²) in [6.07, 6.45) is 4.32. The molecule has 1 aromatic carbocycles. The van der Waals surface area contributed by atoms with Crippen molar-refractivity contribution >= 4 is 17.9 Å². The Balaban J connectivity index is 1.97. The topological polar surface area (TPSA) is 89.6 Å². The van der Waals surface area contributed by atoms with Crippen LogP contribution in [0.4, 0.5) is 0 Å². The van der Waals surface area contributed by atoms with E-state index in [0.717, 1.165) is 0 Å². The summed E-state index contributed by atoms with van der Waals surface area (Å²) in [7, 11) is 3.05. The number of aromatic nitrogens is 1. The summed E-state index contributed by atoms with van der Waals surface area (Å²) in [5.74, 6) is 0.0746. The second-order valence-electron chi connectivity index (χ2n) is 4.57. The van der Waals surface area contributed by atoms with Crippen LogP contribution in [0.2, 0.25) is 0 Å². The number of ether oxygens (including phenoxy) is 2. The Labute approximate surface area is 139 Å². The molecule has 2 amide bonds. The van der Waals surface area contributed by atoms with Gasteiger partial charge in [0.25, 0.3) is 11.8 Å². The first-order valence-electron chi connectivity index (χ1n) is 7.06. The second kappa shape index (κ2) is 8.33. The van der Waals surface area contributed by atoms with Crippen molar-refractivity contribution in [1.29, 1.82) is 0 Å². The van der Waals surface area contributed by atoms with Crippen LogP contribution in [0.5, 0.6) is 11.5 Å². The number of rotatable bonds is 5. The second-order valence-corrected chi connectivity index (χ2v) is 4.57. The molecule has 2 rings (SSSR count). The summed E-state index contributed by atoms with van der Waals surface area (Å²) in [5, 5.41) is 0. The van der Waals surface area contributed by atoms with Gasteiger partial charge in [0.15, 0.2) is 11.5 Å². The number of benzene rings is 1. The minimum atomic E-state index is -0.503. The molecule has 124 valence electrons. The summed E-state index contributed by atoms with van der Waals surface area (Å²) < 4.78 is 10.5. The van der Waals surface area contributed by atoms with E-state index >= 15 is 0 Å². The minimum Gasteiger partial charge on any atom is -0.493 e. The van der Waals surface area contributed by atoms with E-state index in [0.29, 0.717) is 17.1 Å². The normalized spacial score (nSPS) is 10.2. The molecule has 1 aromatic heterocycles. The zero-order valence-corrected chi connectivity index (χ0v) is 13.3. The van der Waals surface area contributed by atoms with Crippen LogP contribution in [0.1, 0.15) is 16.1 Å². The summed E-state index contributed by atoms with van der Waals surface area (Å²) in [6, 6.07) is 10.2. The van der Waals surface area contributed by atoms with Crippen LogP contribution in [0.3, 0.4) is 0 Å². The van der Waals surface area contributed by atoms with E-state index in [9.17, 15) is 9.59 Å². The van der Waals surface area contributed by atoms with Gasteiger partial charge in [-0.3, -0.25) is 25.4 Å². The van der Waals surface area contributed by atoms with E-state index < -0.39 is 11.8 Å². The standard InChI is InChI=1S/C17H17N3O4/c1-23-14-8-5-6-12(16(14)24-2)9-10-15(21)19-20-17(22)13-7-3-4-11-18-13/h3-11H,1-2H3,(H,19,21)(H,20,22)/b10-9+. The van der Waals surface area contributed by atoms with Crippen LogP contribution in [-0.4, -0.2) is 31.0 Å². The zero-order valence-electron chi connectivity index (χ0n) is 13.3. The van der Waals surface area contributed by atoms with Gasteiger partial charge < -0.3 is 9.47 Å². The molecule has 0 radical (unpaired) electrons. The number of hydrazine groups is 1. The molecule has 0 aliphatic rings. The molecule has 24 heavy (non-hydrogen) atoms. The maximum Gasteiger partial charge on any atom is 0.288 e. The predicted molar refractivity (Wildman–Crippen MR) is 88.4 cm³/mol. The monoisotopic (exact) mass is 327 g/mol. The van der Waals surface area contributed by atoms with Crippen LogP contribution in [0.25, 0.3) is 6.08 Å². The van der Waals surface area contributed by atoms with Gasteiger partial charge in [-0.1, -0.05) is 18.2 Å². The molecule has 0 aliphatic carbocycles. The highest BCUT2D eigenvalue weighted by Crippen LogP contribution is 2.31. The Morgan fingerprint density at radius 3 is 2.54 bits per heavy atom. The van der Waals surface area contributed by atoms with Gasteiger partial charge in [0, 0.05) is 17.8 Å². The molecular weight excluding hydrogens is 310 g/mol. The number of pyridine rings is 1. The fourth-order valence-electron chi connectivity index (χ4n) is 1.93. The minimum absolute atomic E-state index is 0.205. The van der Waals surface area contributed by atoms with Crippen molar-refractivity contribution in [2.24, 2.45) is 0 Å². The molecule has 7 heteroatoms. The van der Waals surface area contributed by atoms with Crippen LogP contribution in [0.15, 0.2) is 48.7 Å². The van der Waals surface area contributed by atoms with Crippen molar-refractivity contribution in [3.05, 3.63) is 59.9 Å². The molecule has 0 spiro atoms. The number of para-hydroxylation sites is 1. The first-order valence-corrected chi connectivity index (χ1v) is 7.06. The number of amides is 2. The lowest BCUT2D eigenvalue weighted by Gasteiger charge is -2.09. The Kier molecular flexibility index (Phi) is 5.90. The van der Waals surface area contributed by atoms with Gasteiger partial charge in [0.05, 0.1) is 14.2 Å². The fraction of sp³-hybridized carbons (Fsp3) is 0.118. The lowest BCUT2D eigenvalue weighted by molar-refractivity contribution is -0.117. The number of hydrogen-bond acceptors (Lipinski definition) is 5. The molecule has 0 bridgehead atoms. The average molecular weight is 327 g/mol. The quantitative estimate of drug-likeness (QED) is 0.643. The molecule has 7 nitrogen and oxygen atoms in total. The number of nitrogens with zero attached hydrogens (tertiary/aromatic N) is 1. The maximum absolute atomic E-state index is 11.8. The summed E-state index contributed by atoms with van der Waals surface area (Å²) in [6.45, 7) is 0. The predicted octanol–water partition coefficient (Wildman–Crippen LogP) is 1.57. The number of carbonyl (C=O) groups excluding carboxylic acids is 2. The molecular formula is C17H17N3O4. The molecule has 0 fully saturated rings. The first kappa shape index (κ1) is 17.0. The zero-order chi connectivity index (χ0) is 17.4. The van der Waals surface area contributed by atoms with Crippen molar-refractivity contribution in [2.45, 2.75) is 0 Å². The van der Waals surface area contributed by atoms with Gasteiger partial charge >= 0.3 is 0 Å². The lowest BCUT2D eigenvalue weighted by atomic mass is 10.1. The third-order valence-electron chi connectivity index (χ3n) is 3.04. The van der Waals surface area contributed by atoms with E-state index in [1.165, 1.54) is 26.5 Å². The average Bonchev–Trinajstić information content (AvgIpc) is 2.64. The summed E-state index contributed by atoms with van der Waals surface area (Å²) >= 11 is 0. The number of hydrogen-bond donors (Lipinski definition) is 2. The van der Waals surface area contributed by atoms with E-state index in [4.69, 9.17) is 9.47 Å². The SMILES string of the molecule is COc1cccc(/C=C/C(=O)NNC(=O)c2ccccn2)c1OC. The Morgan fingerprint density at radius 2 is 1.88 bits per heavy atom. The highest BCUT2D eigenvalue weighted by Gasteiger charge is 2.08. The van der Waals surface area contributed by atoms with Gasteiger partial charge in [-0.15, -0.1) is 0 Å². The Bertz CT molecular complexity index is 745. The molecule has 0 aliphatic heterocycles. The van der Waals surface area contributed by atoms with Crippen LogP contribution < -0.4 is 20.3 Å². The molecule has 0 atom stereocenters. The molecule has 0 saturated carbocycles. The largest absolute Gasteiger partial charge is 0.493 e. The van der Waals surface area contributed by atoms with Crippen LogP contribution >= 0.6 is 0 Å². The molecule has 0 saturated heterocycles. The Morgan fingerprint density at radius 1 is 1.04 bits per heavy atom. The van der Waals surface area contributed by atoms with Crippen LogP contribution in [-0.2, 0) is 4.79 Å². The number of nitrogens with one attached hydrogen (secondary N) is 2. The van der Waals surface area contributed by atoms with Crippen molar-refractivity contribution < 1.29 is 19.1 Å². The van der Waals surface area contributed by atoms with Gasteiger partial charge in [-0.25, -0.2) is 0 Å². The number of methoxy groups -OCH3 is 2. The Hall–Kier alpha value is -3.35. The van der Waals surface area contributed by atoms with Crippen molar-refractivity contribution in [3.63, 3.8) is 0 Å². The molecule has 2 N–H and O–H groups in total. The lowest BCUT2D eigenvalue weighted by Crippen LogP contribution is -2.41. The van der Waals surface area contributed by atoms with E-state index in [-0.39, 0.29) is 5.69 Å². The van der Waals surface area contributed by atoms with Crippen molar-refractivity contribution in [2.75, 3.05) is 14.2 Å². The van der Waals surface area contributed by atoms with Crippen LogP contribution in [0, 0.1) is 0 Å². The molecule has 0 unspecified atom stereocenters. The van der Waals surface area contributed by atoms with Gasteiger partial charge in [-0.05, 0) is 24.3 Å². The molecule has 1 heterocycles. The first-order chi connectivity index (χ1) is 11.7. The van der Waals surface area contributed by atoms with Gasteiger partial charge in [0.2, 0.25) is 0 Å². The van der Waals surface area contributed by atoms with Gasteiger partial charge in [-0.2, -0.15) is 0 Å². The van der Waals surface area contributed by atoms with E-state index in [2.05, 4.69) is 15.8 Å². The smallest absolute Gasteiger partial charge is 0.288 e. The third kappa shape index (κ3) is 4.33. The van der Waals surface area contributed by atoms with Gasteiger partial charge in [0.1, 0.15) is 5.69 Å². The summed E-state index contributed by atoms with van der Waals surface area (Å²) in [4.78, 5) is 27.4. The van der Waals surface area contributed by atoms with E-state index in [1.807, 2.05) is 0 Å². The summed E-state index contributed by atoms with van der Waals surface area (Å²) in [5.41, 5.74) is 5.43. The third-order valence-corrected chi connectivity index (χ3v) is 3.04. The highest BCUT2D eigenvalue weighted by atomic mass is 16.5. The van der Waals surface area contributed by atoms with E-state index in [1.54, 1.807) is 42.5 Å². The highest BCUT2D eigenvalue weighted by molar-refractivity contribution is 5.97. The number of carbonyl (C=O) groups is 2. The van der Waals surface area contributed by atoms with Crippen molar-refractivity contribution in [3.8, 4) is 11.5 Å². The molecule has 2 aromatic rings.